The van der Waals surface area contributed by atoms with Gasteiger partial charge in [-0.1, -0.05) is 12.7 Å². The van der Waals surface area contributed by atoms with Crippen molar-refractivity contribution < 1.29 is 9.66 Å². The van der Waals surface area contributed by atoms with Crippen LogP contribution in [0.25, 0.3) is 0 Å². The molecule has 0 fully saturated rings. The Kier molecular flexibility index (Phi) is 3.17. The molecule has 74 valence electrons. The van der Waals surface area contributed by atoms with E-state index in [4.69, 9.17) is 4.74 Å². The number of hydrogen-bond acceptors (Lipinski definition) is 4. The predicted octanol–water partition coefficient (Wildman–Crippen LogP) is 1.94. The van der Waals surface area contributed by atoms with Crippen molar-refractivity contribution in [2.75, 3.05) is 0 Å². The highest BCUT2D eigenvalue weighted by Gasteiger charge is 2.06. The molecule has 1 aromatic heterocycles. The maximum absolute atomic E-state index is 10.3. The summed E-state index contributed by atoms with van der Waals surface area (Å²) < 4.78 is 5.25. The molecule has 0 bridgehead atoms. The molecule has 0 aliphatic rings. The van der Waals surface area contributed by atoms with Gasteiger partial charge in [-0.15, -0.1) is 0 Å². The number of nitro groups is 1. The molecular weight excluding hydrogens is 184 g/mol. The smallest absolute Gasteiger partial charge is 0.287 e. The SMILES string of the molecule is C=CC(C)Oc1ccc([N+](=O)[O-])cn1. The molecule has 0 N–H and O–H groups in total. The normalized spacial score (nSPS) is 11.8. The second-order valence-electron chi connectivity index (χ2n) is 2.67. The van der Waals surface area contributed by atoms with E-state index in [9.17, 15) is 10.1 Å². The molecule has 0 aliphatic heterocycles. The summed E-state index contributed by atoms with van der Waals surface area (Å²) in [5, 5.41) is 10.3. The molecule has 0 spiro atoms. The Labute approximate surface area is 81.2 Å². The average molecular weight is 194 g/mol. The topological polar surface area (TPSA) is 65.3 Å². The van der Waals surface area contributed by atoms with Gasteiger partial charge >= 0.3 is 0 Å². The van der Waals surface area contributed by atoms with Crippen LogP contribution in [0.1, 0.15) is 6.92 Å². The van der Waals surface area contributed by atoms with E-state index in [2.05, 4.69) is 11.6 Å². The van der Waals surface area contributed by atoms with Crippen LogP contribution in [-0.2, 0) is 0 Å². The van der Waals surface area contributed by atoms with Crippen molar-refractivity contribution in [3.8, 4) is 5.88 Å². The monoisotopic (exact) mass is 194 g/mol. The third kappa shape index (κ3) is 2.55. The number of pyridine rings is 1. The first kappa shape index (κ1) is 10.2. The summed E-state index contributed by atoms with van der Waals surface area (Å²) in [6.45, 7) is 5.34. The fraction of sp³-hybridized carbons (Fsp3) is 0.222. The summed E-state index contributed by atoms with van der Waals surface area (Å²) in [6.07, 6.45) is 2.61. The van der Waals surface area contributed by atoms with Crippen LogP contribution in [0.4, 0.5) is 5.69 Å². The maximum Gasteiger partial charge on any atom is 0.287 e. The van der Waals surface area contributed by atoms with Gasteiger partial charge in [0.2, 0.25) is 5.88 Å². The molecule has 5 heteroatoms. The van der Waals surface area contributed by atoms with Crippen LogP contribution in [0.2, 0.25) is 0 Å². The van der Waals surface area contributed by atoms with Crippen LogP contribution in [-0.4, -0.2) is 16.0 Å². The van der Waals surface area contributed by atoms with E-state index >= 15 is 0 Å². The van der Waals surface area contributed by atoms with Gasteiger partial charge in [-0.05, 0) is 6.92 Å². The standard InChI is InChI=1S/C9H10N2O3/c1-3-7(2)14-9-5-4-8(6-10-9)11(12)13/h3-7H,1H2,2H3. The molecule has 1 aromatic rings. The lowest BCUT2D eigenvalue weighted by Gasteiger charge is -2.07. The first-order chi connectivity index (χ1) is 6.63. The zero-order valence-corrected chi connectivity index (χ0v) is 7.71. The zero-order chi connectivity index (χ0) is 10.6. The van der Waals surface area contributed by atoms with E-state index in [0.29, 0.717) is 5.88 Å². The largest absolute Gasteiger partial charge is 0.470 e. The lowest BCUT2D eigenvalue weighted by molar-refractivity contribution is -0.385. The molecule has 5 nitrogen and oxygen atoms in total. The molecule has 1 heterocycles. The van der Waals surface area contributed by atoms with Gasteiger partial charge in [0.25, 0.3) is 5.69 Å². The van der Waals surface area contributed by atoms with Crippen LogP contribution < -0.4 is 4.74 Å². The Morgan fingerprint density at radius 1 is 1.71 bits per heavy atom. The highest BCUT2D eigenvalue weighted by Crippen LogP contribution is 2.14. The molecule has 14 heavy (non-hydrogen) atoms. The summed E-state index contributed by atoms with van der Waals surface area (Å²) in [4.78, 5) is 13.6. The van der Waals surface area contributed by atoms with E-state index in [0.717, 1.165) is 6.20 Å². The lowest BCUT2D eigenvalue weighted by atomic mass is 10.4. The van der Waals surface area contributed by atoms with E-state index in [1.807, 2.05) is 0 Å². The highest BCUT2D eigenvalue weighted by atomic mass is 16.6. The van der Waals surface area contributed by atoms with Crippen LogP contribution in [0.3, 0.4) is 0 Å². The molecule has 0 saturated carbocycles. The molecular formula is C9H10N2O3. The van der Waals surface area contributed by atoms with Gasteiger partial charge in [-0.3, -0.25) is 10.1 Å². The van der Waals surface area contributed by atoms with Gasteiger partial charge in [0.15, 0.2) is 0 Å². The number of nitrogens with zero attached hydrogens (tertiary/aromatic N) is 2. The summed E-state index contributed by atoms with van der Waals surface area (Å²) >= 11 is 0. The molecule has 0 radical (unpaired) electrons. The summed E-state index contributed by atoms with van der Waals surface area (Å²) in [5.41, 5.74) is -0.0522. The molecule has 0 aromatic carbocycles. The van der Waals surface area contributed by atoms with Crippen molar-refractivity contribution in [2.45, 2.75) is 13.0 Å². The molecule has 1 unspecified atom stereocenters. The van der Waals surface area contributed by atoms with Crippen LogP contribution in [0.5, 0.6) is 5.88 Å². The molecule has 0 amide bonds. The first-order valence-corrected chi connectivity index (χ1v) is 4.03. The van der Waals surface area contributed by atoms with Crippen molar-refractivity contribution in [3.63, 3.8) is 0 Å². The second-order valence-corrected chi connectivity index (χ2v) is 2.67. The predicted molar refractivity (Wildman–Crippen MR) is 51.2 cm³/mol. The maximum atomic E-state index is 10.3. The molecule has 0 saturated heterocycles. The molecule has 1 rings (SSSR count). The minimum absolute atomic E-state index is 0.0522. The average Bonchev–Trinajstić information content (AvgIpc) is 2.18. The van der Waals surface area contributed by atoms with Gasteiger partial charge in [-0.25, -0.2) is 4.98 Å². The first-order valence-electron chi connectivity index (χ1n) is 4.03. The van der Waals surface area contributed by atoms with Crippen LogP contribution in [0, 0.1) is 10.1 Å². The Bertz CT molecular complexity index is 334. The fourth-order valence-corrected chi connectivity index (χ4v) is 0.789. The minimum atomic E-state index is -0.506. The van der Waals surface area contributed by atoms with Gasteiger partial charge in [0.1, 0.15) is 12.3 Å². The quantitative estimate of drug-likeness (QED) is 0.417. The zero-order valence-electron chi connectivity index (χ0n) is 7.71. The van der Waals surface area contributed by atoms with Gasteiger partial charge < -0.3 is 4.74 Å². The van der Waals surface area contributed by atoms with Gasteiger partial charge in [-0.2, -0.15) is 0 Å². The van der Waals surface area contributed by atoms with Gasteiger partial charge in [0, 0.05) is 12.1 Å². The summed E-state index contributed by atoms with van der Waals surface area (Å²) in [7, 11) is 0. The summed E-state index contributed by atoms with van der Waals surface area (Å²) in [5.74, 6) is 0.350. The third-order valence-corrected chi connectivity index (χ3v) is 1.57. The number of rotatable bonds is 4. The van der Waals surface area contributed by atoms with E-state index in [1.165, 1.54) is 12.1 Å². The second kappa shape index (κ2) is 4.36. The number of aromatic nitrogens is 1. The Morgan fingerprint density at radius 2 is 2.43 bits per heavy atom. The van der Waals surface area contributed by atoms with Crippen molar-refractivity contribution in [1.82, 2.24) is 4.98 Å². The Hall–Kier alpha value is -1.91. The van der Waals surface area contributed by atoms with Crippen molar-refractivity contribution in [3.05, 3.63) is 41.1 Å². The lowest BCUT2D eigenvalue weighted by Crippen LogP contribution is -2.08. The third-order valence-electron chi connectivity index (χ3n) is 1.57. The Balaban J connectivity index is 2.73. The molecule has 0 aliphatic carbocycles. The van der Waals surface area contributed by atoms with Crippen LogP contribution >= 0.6 is 0 Å². The van der Waals surface area contributed by atoms with Crippen molar-refractivity contribution in [2.24, 2.45) is 0 Å². The van der Waals surface area contributed by atoms with E-state index < -0.39 is 4.92 Å². The number of hydrogen-bond donors (Lipinski definition) is 0. The van der Waals surface area contributed by atoms with Gasteiger partial charge in [0.05, 0.1) is 4.92 Å². The van der Waals surface area contributed by atoms with E-state index in [1.54, 1.807) is 13.0 Å². The minimum Gasteiger partial charge on any atom is -0.470 e. The fourth-order valence-electron chi connectivity index (χ4n) is 0.789. The molecule has 1 atom stereocenters. The summed E-state index contributed by atoms with van der Waals surface area (Å²) in [6, 6.07) is 2.80. The van der Waals surface area contributed by atoms with Crippen molar-refractivity contribution >= 4 is 5.69 Å². The number of ether oxygens (including phenoxy) is 1. The van der Waals surface area contributed by atoms with Crippen molar-refractivity contribution in [1.29, 1.82) is 0 Å². The van der Waals surface area contributed by atoms with Crippen LogP contribution in [0.15, 0.2) is 31.0 Å². The van der Waals surface area contributed by atoms with E-state index in [-0.39, 0.29) is 11.8 Å². The Morgan fingerprint density at radius 3 is 2.86 bits per heavy atom. The highest BCUT2D eigenvalue weighted by molar-refractivity contribution is 5.29.